The van der Waals surface area contributed by atoms with E-state index < -0.39 is 18.0 Å². The zero-order valence-electron chi connectivity index (χ0n) is 15.8. The van der Waals surface area contributed by atoms with Crippen LogP contribution in [-0.2, 0) is 27.4 Å². The van der Waals surface area contributed by atoms with Gasteiger partial charge in [-0.2, -0.15) is 0 Å². The lowest BCUT2D eigenvalue weighted by atomic mass is 10.1. The lowest BCUT2D eigenvalue weighted by Gasteiger charge is -2.18. The summed E-state index contributed by atoms with van der Waals surface area (Å²) in [5.74, 6) is -0.741. The number of hydrogen-bond donors (Lipinski definition) is 3. The van der Waals surface area contributed by atoms with Gasteiger partial charge in [-0.3, -0.25) is 9.59 Å². The molecule has 0 aliphatic carbocycles. The molecule has 1 atom stereocenters. The molecule has 0 aromatic heterocycles. The van der Waals surface area contributed by atoms with Gasteiger partial charge in [0, 0.05) is 13.0 Å². The minimum Gasteiger partial charge on any atom is -0.445 e. The largest absolute Gasteiger partial charge is 0.445 e. The SMILES string of the molecule is CCNC(=O)C(Cc1ccccc1)NC(=O)CNC(=O)OCc1ccccc1. The Kier molecular flexibility index (Phi) is 8.52. The molecule has 1 unspecified atom stereocenters. The van der Waals surface area contributed by atoms with Crippen LogP contribution >= 0.6 is 0 Å². The summed E-state index contributed by atoms with van der Waals surface area (Å²) in [5.41, 5.74) is 1.77. The number of ether oxygens (including phenoxy) is 1. The van der Waals surface area contributed by atoms with E-state index in [0.29, 0.717) is 13.0 Å². The first-order chi connectivity index (χ1) is 13.6. The summed E-state index contributed by atoms with van der Waals surface area (Å²) in [7, 11) is 0. The van der Waals surface area contributed by atoms with Crippen LogP contribution in [0, 0.1) is 0 Å². The third-order valence-corrected chi connectivity index (χ3v) is 3.89. The van der Waals surface area contributed by atoms with Gasteiger partial charge in [-0.15, -0.1) is 0 Å². The van der Waals surface area contributed by atoms with Crippen molar-refractivity contribution in [1.29, 1.82) is 0 Å². The van der Waals surface area contributed by atoms with Crippen LogP contribution in [0.15, 0.2) is 60.7 Å². The maximum Gasteiger partial charge on any atom is 0.407 e. The van der Waals surface area contributed by atoms with Gasteiger partial charge in [0.2, 0.25) is 11.8 Å². The maximum absolute atomic E-state index is 12.2. The zero-order valence-corrected chi connectivity index (χ0v) is 15.8. The Morgan fingerprint density at radius 3 is 2.11 bits per heavy atom. The minimum absolute atomic E-state index is 0.115. The molecule has 3 amide bonds. The molecule has 0 heterocycles. The van der Waals surface area contributed by atoms with Crippen molar-refractivity contribution in [2.24, 2.45) is 0 Å². The first kappa shape index (κ1) is 21.0. The van der Waals surface area contributed by atoms with Crippen LogP contribution in [0.5, 0.6) is 0 Å². The maximum atomic E-state index is 12.2. The van der Waals surface area contributed by atoms with Crippen LogP contribution in [-0.4, -0.2) is 37.0 Å². The molecule has 0 aliphatic rings. The second-order valence-corrected chi connectivity index (χ2v) is 6.12. The number of nitrogens with one attached hydrogen (secondary N) is 3. The number of rotatable bonds is 9. The normalized spacial score (nSPS) is 11.2. The molecule has 148 valence electrons. The van der Waals surface area contributed by atoms with Crippen LogP contribution in [0.4, 0.5) is 4.79 Å². The number of benzene rings is 2. The molecule has 0 saturated carbocycles. The molecular formula is C21H25N3O4. The fraction of sp³-hybridized carbons (Fsp3) is 0.286. The van der Waals surface area contributed by atoms with Crippen molar-refractivity contribution < 1.29 is 19.1 Å². The molecule has 0 bridgehead atoms. The van der Waals surface area contributed by atoms with Crippen molar-refractivity contribution in [2.45, 2.75) is 26.0 Å². The molecule has 0 fully saturated rings. The number of hydrogen-bond acceptors (Lipinski definition) is 4. The Balaban J connectivity index is 1.81. The Morgan fingerprint density at radius 2 is 1.50 bits per heavy atom. The van der Waals surface area contributed by atoms with E-state index in [4.69, 9.17) is 4.74 Å². The van der Waals surface area contributed by atoms with E-state index in [1.165, 1.54) is 0 Å². The van der Waals surface area contributed by atoms with Crippen molar-refractivity contribution in [3.63, 3.8) is 0 Å². The molecule has 2 rings (SSSR count). The van der Waals surface area contributed by atoms with Gasteiger partial charge in [0.25, 0.3) is 0 Å². The lowest BCUT2D eigenvalue weighted by molar-refractivity contribution is -0.128. The highest BCUT2D eigenvalue weighted by Gasteiger charge is 2.21. The summed E-state index contributed by atoms with van der Waals surface area (Å²) in [4.78, 5) is 36.2. The first-order valence-corrected chi connectivity index (χ1v) is 9.14. The van der Waals surface area contributed by atoms with E-state index in [-0.39, 0.29) is 19.1 Å². The van der Waals surface area contributed by atoms with Gasteiger partial charge in [0.15, 0.2) is 0 Å². The van der Waals surface area contributed by atoms with Crippen LogP contribution in [0.25, 0.3) is 0 Å². The van der Waals surface area contributed by atoms with E-state index in [2.05, 4.69) is 16.0 Å². The predicted octanol–water partition coefficient (Wildman–Crippen LogP) is 1.78. The van der Waals surface area contributed by atoms with Crippen LogP contribution in [0.2, 0.25) is 0 Å². The van der Waals surface area contributed by atoms with E-state index in [1.807, 2.05) is 67.6 Å². The fourth-order valence-electron chi connectivity index (χ4n) is 2.53. The number of likely N-dealkylation sites (N-methyl/N-ethyl adjacent to an activating group) is 1. The average Bonchev–Trinajstić information content (AvgIpc) is 2.72. The highest BCUT2D eigenvalue weighted by Crippen LogP contribution is 2.04. The van der Waals surface area contributed by atoms with Crippen molar-refractivity contribution in [3.05, 3.63) is 71.8 Å². The molecule has 2 aromatic rings. The van der Waals surface area contributed by atoms with Gasteiger partial charge in [-0.05, 0) is 18.1 Å². The highest BCUT2D eigenvalue weighted by atomic mass is 16.5. The number of amides is 3. The van der Waals surface area contributed by atoms with E-state index in [0.717, 1.165) is 11.1 Å². The molecule has 0 aliphatic heterocycles. The summed E-state index contributed by atoms with van der Waals surface area (Å²) >= 11 is 0. The predicted molar refractivity (Wildman–Crippen MR) is 105 cm³/mol. The second kappa shape index (κ2) is 11.4. The first-order valence-electron chi connectivity index (χ1n) is 9.14. The Bertz CT molecular complexity index is 766. The highest BCUT2D eigenvalue weighted by molar-refractivity contribution is 5.89. The van der Waals surface area contributed by atoms with Crippen molar-refractivity contribution in [1.82, 2.24) is 16.0 Å². The van der Waals surface area contributed by atoms with Gasteiger partial charge >= 0.3 is 6.09 Å². The van der Waals surface area contributed by atoms with Crippen LogP contribution in [0.3, 0.4) is 0 Å². The smallest absolute Gasteiger partial charge is 0.407 e. The van der Waals surface area contributed by atoms with Gasteiger partial charge in [-0.25, -0.2) is 4.79 Å². The summed E-state index contributed by atoms with van der Waals surface area (Å²) in [6.45, 7) is 2.11. The molecule has 3 N–H and O–H groups in total. The van der Waals surface area contributed by atoms with Crippen molar-refractivity contribution >= 4 is 17.9 Å². The molecular weight excluding hydrogens is 358 g/mol. The van der Waals surface area contributed by atoms with E-state index in [1.54, 1.807) is 0 Å². The summed E-state index contributed by atoms with van der Waals surface area (Å²) in [6.07, 6.45) is -0.340. The summed E-state index contributed by atoms with van der Waals surface area (Å²) in [6, 6.07) is 17.9. The molecule has 0 radical (unpaired) electrons. The van der Waals surface area contributed by atoms with Gasteiger partial charge in [0.1, 0.15) is 19.2 Å². The molecule has 7 heteroatoms. The molecule has 28 heavy (non-hydrogen) atoms. The zero-order chi connectivity index (χ0) is 20.2. The van der Waals surface area contributed by atoms with Crippen LogP contribution < -0.4 is 16.0 Å². The fourth-order valence-corrected chi connectivity index (χ4v) is 2.53. The summed E-state index contributed by atoms with van der Waals surface area (Å²) in [5, 5.41) is 7.75. The van der Waals surface area contributed by atoms with Gasteiger partial charge in [0.05, 0.1) is 0 Å². The summed E-state index contributed by atoms with van der Waals surface area (Å²) < 4.78 is 5.06. The topological polar surface area (TPSA) is 96.5 Å². The average molecular weight is 383 g/mol. The van der Waals surface area contributed by atoms with Crippen molar-refractivity contribution in [3.8, 4) is 0 Å². The number of carbonyl (C=O) groups excluding carboxylic acids is 3. The Hall–Kier alpha value is -3.35. The van der Waals surface area contributed by atoms with E-state index >= 15 is 0 Å². The third kappa shape index (κ3) is 7.49. The minimum atomic E-state index is -0.725. The Morgan fingerprint density at radius 1 is 0.893 bits per heavy atom. The van der Waals surface area contributed by atoms with Gasteiger partial charge in [-0.1, -0.05) is 60.7 Å². The van der Waals surface area contributed by atoms with Crippen molar-refractivity contribution in [2.75, 3.05) is 13.1 Å². The molecule has 0 saturated heterocycles. The standard InChI is InChI=1S/C21H25N3O4/c1-2-22-20(26)18(13-16-9-5-3-6-10-16)24-19(25)14-23-21(27)28-15-17-11-7-4-8-12-17/h3-12,18H,2,13-15H2,1H3,(H,22,26)(H,23,27)(H,24,25). The number of carbonyl (C=O) groups is 3. The van der Waals surface area contributed by atoms with Crippen LogP contribution in [0.1, 0.15) is 18.1 Å². The van der Waals surface area contributed by atoms with Gasteiger partial charge < -0.3 is 20.7 Å². The second-order valence-electron chi connectivity index (χ2n) is 6.12. The molecule has 0 spiro atoms. The van der Waals surface area contributed by atoms with E-state index in [9.17, 15) is 14.4 Å². The third-order valence-electron chi connectivity index (χ3n) is 3.89. The Labute approximate surface area is 164 Å². The quantitative estimate of drug-likeness (QED) is 0.615. The number of alkyl carbamates (subject to hydrolysis) is 1. The molecule has 7 nitrogen and oxygen atoms in total. The lowest BCUT2D eigenvalue weighted by Crippen LogP contribution is -2.50. The molecule has 2 aromatic carbocycles. The monoisotopic (exact) mass is 383 g/mol.